The van der Waals surface area contributed by atoms with Crippen molar-refractivity contribution >= 4 is 17.6 Å². The lowest BCUT2D eigenvalue weighted by Gasteiger charge is -2.22. The number of hydrogen-bond acceptors (Lipinski definition) is 6. The minimum Gasteiger partial charge on any atom is -0.469 e. The van der Waals surface area contributed by atoms with Crippen LogP contribution in [0.1, 0.15) is 5.76 Å². The van der Waals surface area contributed by atoms with Gasteiger partial charge in [-0.05, 0) is 6.92 Å². The predicted octanol–water partition coefficient (Wildman–Crippen LogP) is 0.442. The van der Waals surface area contributed by atoms with E-state index in [1.165, 1.54) is 13.3 Å². The summed E-state index contributed by atoms with van der Waals surface area (Å²) in [5, 5.41) is 3.70. The number of methoxy groups -OCH3 is 1. The van der Waals surface area contributed by atoms with E-state index < -0.39 is 23.4 Å². The maximum absolute atomic E-state index is 12.8. The maximum Gasteiger partial charge on any atom is 0.312 e. The van der Waals surface area contributed by atoms with Gasteiger partial charge in [0.05, 0.1) is 31.9 Å². The second kappa shape index (κ2) is 3.94. The van der Waals surface area contributed by atoms with Crippen LogP contribution < -0.4 is 4.90 Å². The summed E-state index contributed by atoms with van der Waals surface area (Å²) in [4.78, 5) is 26.4. The zero-order chi connectivity index (χ0) is 14.8. The number of amides is 1. The van der Waals surface area contributed by atoms with Crippen LogP contribution in [-0.2, 0) is 19.1 Å². The lowest BCUT2D eigenvalue weighted by molar-refractivity contribution is -0.149. The highest BCUT2D eigenvalue weighted by molar-refractivity contribution is 6.02. The number of anilines is 1. The normalized spacial score (nSPS) is 36.4. The summed E-state index contributed by atoms with van der Waals surface area (Å²) in [5.74, 6) is -1.13. The Morgan fingerprint density at radius 1 is 1.57 bits per heavy atom. The predicted molar refractivity (Wildman–Crippen MR) is 69.3 cm³/mol. The summed E-state index contributed by atoms with van der Waals surface area (Å²) in [5.41, 5.74) is -0.127. The van der Waals surface area contributed by atoms with E-state index in [1.54, 1.807) is 11.8 Å². The molecule has 1 spiro atoms. The molecule has 0 radical (unpaired) electrons. The van der Waals surface area contributed by atoms with E-state index in [0.29, 0.717) is 18.0 Å². The van der Waals surface area contributed by atoms with Crippen molar-refractivity contribution in [3.63, 3.8) is 0 Å². The molecule has 2 fully saturated rings. The third kappa shape index (κ3) is 1.44. The van der Waals surface area contributed by atoms with E-state index in [1.807, 2.05) is 12.2 Å². The first-order chi connectivity index (χ1) is 10.1. The van der Waals surface area contributed by atoms with Crippen molar-refractivity contribution in [1.82, 2.24) is 5.16 Å². The van der Waals surface area contributed by atoms with Crippen LogP contribution >= 0.6 is 0 Å². The smallest absolute Gasteiger partial charge is 0.312 e. The average Bonchev–Trinajstić information content (AvgIpc) is 3.19. The van der Waals surface area contributed by atoms with Gasteiger partial charge in [-0.25, -0.2) is 0 Å². The zero-order valence-corrected chi connectivity index (χ0v) is 11.6. The van der Waals surface area contributed by atoms with Crippen molar-refractivity contribution in [2.24, 2.45) is 11.8 Å². The molecule has 3 aliphatic rings. The second-order valence-electron chi connectivity index (χ2n) is 5.61. The topological polar surface area (TPSA) is 81.9 Å². The van der Waals surface area contributed by atoms with Gasteiger partial charge in [-0.3, -0.25) is 9.59 Å². The van der Waals surface area contributed by atoms with Gasteiger partial charge >= 0.3 is 5.97 Å². The fourth-order valence-electron chi connectivity index (χ4n) is 3.66. The number of carbonyl (C=O) groups is 2. The Balaban J connectivity index is 1.75. The van der Waals surface area contributed by atoms with Crippen LogP contribution in [0.25, 0.3) is 0 Å². The molecule has 7 nitrogen and oxygen atoms in total. The van der Waals surface area contributed by atoms with Crippen LogP contribution in [0.4, 0.5) is 5.69 Å². The summed E-state index contributed by atoms with van der Waals surface area (Å²) in [6.07, 6.45) is 4.86. The number of aryl methyl sites for hydroxylation is 1. The molecule has 0 saturated carbocycles. The lowest BCUT2D eigenvalue weighted by atomic mass is 9.77. The Hall–Kier alpha value is -2.15. The molecule has 1 amide bonds. The summed E-state index contributed by atoms with van der Waals surface area (Å²) in [7, 11) is 1.33. The van der Waals surface area contributed by atoms with Crippen LogP contribution in [-0.4, -0.2) is 42.4 Å². The molecule has 2 saturated heterocycles. The highest BCUT2D eigenvalue weighted by Crippen LogP contribution is 2.53. The maximum atomic E-state index is 12.8. The van der Waals surface area contributed by atoms with Crippen LogP contribution in [0.5, 0.6) is 0 Å². The highest BCUT2D eigenvalue weighted by atomic mass is 16.5. The van der Waals surface area contributed by atoms with Crippen LogP contribution in [0.2, 0.25) is 0 Å². The number of carbonyl (C=O) groups excluding carboxylic acids is 2. The Kier molecular flexibility index (Phi) is 2.36. The quantitative estimate of drug-likeness (QED) is 0.581. The van der Waals surface area contributed by atoms with Crippen LogP contribution in [0, 0.1) is 18.8 Å². The van der Waals surface area contributed by atoms with E-state index in [-0.39, 0.29) is 12.0 Å². The molecular formula is C14H14N2O5. The lowest BCUT2D eigenvalue weighted by Crippen LogP contribution is -2.39. The van der Waals surface area contributed by atoms with Gasteiger partial charge < -0.3 is 18.9 Å². The molecule has 0 aromatic carbocycles. The van der Waals surface area contributed by atoms with Gasteiger partial charge in [0, 0.05) is 0 Å². The minimum absolute atomic E-state index is 0.149. The van der Waals surface area contributed by atoms with Gasteiger partial charge in [-0.15, -0.1) is 0 Å². The molecule has 4 unspecified atom stereocenters. The number of hydrogen-bond donors (Lipinski definition) is 0. The molecule has 7 heteroatoms. The third-order valence-corrected chi connectivity index (χ3v) is 4.59. The molecule has 21 heavy (non-hydrogen) atoms. The zero-order valence-electron chi connectivity index (χ0n) is 11.6. The van der Waals surface area contributed by atoms with Crippen molar-refractivity contribution in [2.75, 3.05) is 18.6 Å². The molecule has 0 N–H and O–H groups in total. The SMILES string of the molecule is COC(=O)C1C2C=CC3(CN(c4cnoc4C)C(=O)C13)O2. The first-order valence-electron chi connectivity index (χ1n) is 6.75. The van der Waals surface area contributed by atoms with Gasteiger partial charge in [-0.2, -0.15) is 0 Å². The first kappa shape index (κ1) is 12.6. The van der Waals surface area contributed by atoms with Gasteiger partial charge in [0.2, 0.25) is 5.91 Å². The van der Waals surface area contributed by atoms with Crippen LogP contribution in [0.15, 0.2) is 22.9 Å². The van der Waals surface area contributed by atoms with Crippen molar-refractivity contribution < 1.29 is 23.6 Å². The highest BCUT2D eigenvalue weighted by Gasteiger charge is 2.67. The van der Waals surface area contributed by atoms with Gasteiger partial charge in [0.15, 0.2) is 5.76 Å². The van der Waals surface area contributed by atoms with E-state index in [9.17, 15) is 9.59 Å². The molecular weight excluding hydrogens is 276 g/mol. The summed E-state index contributed by atoms with van der Waals surface area (Å²) >= 11 is 0. The number of rotatable bonds is 2. The molecule has 1 aromatic heterocycles. The van der Waals surface area contributed by atoms with E-state index >= 15 is 0 Å². The molecule has 4 atom stereocenters. The molecule has 2 bridgehead atoms. The fourth-order valence-corrected chi connectivity index (χ4v) is 3.66. The summed E-state index contributed by atoms with van der Waals surface area (Å²) in [6.45, 7) is 2.10. The molecule has 4 heterocycles. The number of esters is 1. The van der Waals surface area contributed by atoms with Crippen molar-refractivity contribution in [3.8, 4) is 0 Å². The molecule has 0 aliphatic carbocycles. The Morgan fingerprint density at radius 3 is 3.05 bits per heavy atom. The van der Waals surface area contributed by atoms with Crippen molar-refractivity contribution in [3.05, 3.63) is 24.1 Å². The number of nitrogens with zero attached hydrogens (tertiary/aromatic N) is 2. The first-order valence-corrected chi connectivity index (χ1v) is 6.75. The average molecular weight is 290 g/mol. The molecule has 1 aromatic rings. The standard InChI is InChI=1S/C14H14N2O5/c1-7-8(5-15-21-7)16-6-14-4-3-9(20-14)10(13(18)19-2)11(14)12(16)17/h3-5,9-11H,6H2,1-2H3. The Morgan fingerprint density at radius 2 is 2.38 bits per heavy atom. The molecule has 3 aliphatic heterocycles. The number of fused-ring (bicyclic) bond motifs is 1. The van der Waals surface area contributed by atoms with Crippen molar-refractivity contribution in [1.29, 1.82) is 0 Å². The molecule has 4 rings (SSSR count). The summed E-state index contributed by atoms with van der Waals surface area (Å²) < 4.78 is 15.8. The monoisotopic (exact) mass is 290 g/mol. The van der Waals surface area contributed by atoms with E-state index in [4.69, 9.17) is 14.0 Å². The molecule has 110 valence electrons. The Bertz CT molecular complexity index is 666. The third-order valence-electron chi connectivity index (χ3n) is 4.59. The number of ether oxygens (including phenoxy) is 2. The Labute approximate surface area is 120 Å². The van der Waals surface area contributed by atoms with Gasteiger partial charge in [0.25, 0.3) is 0 Å². The van der Waals surface area contributed by atoms with E-state index in [2.05, 4.69) is 5.16 Å². The van der Waals surface area contributed by atoms with Crippen LogP contribution in [0.3, 0.4) is 0 Å². The van der Waals surface area contributed by atoms with Gasteiger partial charge in [-0.1, -0.05) is 17.3 Å². The fraction of sp³-hybridized carbons (Fsp3) is 0.500. The van der Waals surface area contributed by atoms with E-state index in [0.717, 1.165) is 0 Å². The minimum atomic E-state index is -0.746. The van der Waals surface area contributed by atoms with Gasteiger partial charge in [0.1, 0.15) is 17.2 Å². The second-order valence-corrected chi connectivity index (χ2v) is 5.61. The number of aromatic nitrogens is 1. The summed E-state index contributed by atoms with van der Waals surface area (Å²) in [6, 6.07) is 0. The largest absolute Gasteiger partial charge is 0.469 e. The van der Waals surface area contributed by atoms with Crippen molar-refractivity contribution in [2.45, 2.75) is 18.6 Å².